The molecule has 1 unspecified atom stereocenters. The first-order valence-corrected chi connectivity index (χ1v) is 6.35. The van der Waals surface area contributed by atoms with Crippen LogP contribution < -0.4 is 11.1 Å². The number of amides is 1. The Balaban J connectivity index is 2.54. The lowest BCUT2D eigenvalue weighted by molar-refractivity contribution is -0.116. The van der Waals surface area contributed by atoms with Crippen LogP contribution in [0.4, 0.5) is 10.1 Å². The number of benzene rings is 1. The molecule has 18 heavy (non-hydrogen) atoms. The van der Waals surface area contributed by atoms with Gasteiger partial charge in [-0.25, -0.2) is 4.39 Å². The number of hydrogen-bond donors (Lipinski definition) is 2. The van der Waals surface area contributed by atoms with Crippen LogP contribution in [0, 0.1) is 5.82 Å². The van der Waals surface area contributed by atoms with Crippen LogP contribution in [0.25, 0.3) is 0 Å². The molecule has 0 fully saturated rings. The summed E-state index contributed by atoms with van der Waals surface area (Å²) in [5.74, 6) is -0.859. The van der Waals surface area contributed by atoms with Crippen LogP contribution in [0.3, 0.4) is 0 Å². The molecule has 0 spiro atoms. The van der Waals surface area contributed by atoms with Gasteiger partial charge in [-0.3, -0.25) is 4.79 Å². The van der Waals surface area contributed by atoms with Gasteiger partial charge in [0.15, 0.2) is 5.82 Å². The van der Waals surface area contributed by atoms with Crippen molar-refractivity contribution in [3.63, 3.8) is 0 Å². The molecule has 0 bridgehead atoms. The number of halogens is 3. The Hall–Kier alpha value is -0.840. The molecule has 1 amide bonds. The highest BCUT2D eigenvalue weighted by Crippen LogP contribution is 2.27. The molecule has 0 heterocycles. The molecule has 0 saturated heterocycles. The van der Waals surface area contributed by atoms with Crippen molar-refractivity contribution in [2.45, 2.75) is 32.2 Å². The maximum atomic E-state index is 13.1. The molecule has 1 aromatic carbocycles. The first-order valence-electron chi connectivity index (χ1n) is 5.60. The summed E-state index contributed by atoms with van der Waals surface area (Å²) in [4.78, 5) is 11.6. The number of nitrogens with one attached hydrogen (secondary N) is 1. The van der Waals surface area contributed by atoms with E-state index in [9.17, 15) is 9.18 Å². The van der Waals surface area contributed by atoms with Crippen molar-refractivity contribution in [3.8, 4) is 0 Å². The van der Waals surface area contributed by atoms with Crippen molar-refractivity contribution in [1.82, 2.24) is 0 Å². The van der Waals surface area contributed by atoms with E-state index >= 15 is 0 Å². The zero-order chi connectivity index (χ0) is 13.7. The van der Waals surface area contributed by atoms with Gasteiger partial charge in [0.1, 0.15) is 0 Å². The summed E-state index contributed by atoms with van der Waals surface area (Å²) in [5, 5.41) is 2.37. The molecule has 1 rings (SSSR count). The average Bonchev–Trinajstić information content (AvgIpc) is 2.25. The van der Waals surface area contributed by atoms with Gasteiger partial charge < -0.3 is 11.1 Å². The van der Waals surface area contributed by atoms with Crippen LogP contribution in [0.2, 0.25) is 10.0 Å². The lowest BCUT2D eigenvalue weighted by Gasteiger charge is -2.08. The van der Waals surface area contributed by atoms with Gasteiger partial charge in [0.05, 0.1) is 10.0 Å². The summed E-state index contributed by atoms with van der Waals surface area (Å²) < 4.78 is 13.1. The van der Waals surface area contributed by atoms with Gasteiger partial charge in [-0.05, 0) is 31.9 Å². The fourth-order valence-corrected chi connectivity index (χ4v) is 1.92. The van der Waals surface area contributed by atoms with Gasteiger partial charge in [0, 0.05) is 18.2 Å². The summed E-state index contributed by atoms with van der Waals surface area (Å²) in [6.07, 6.45) is 1.83. The molecule has 0 aliphatic heterocycles. The van der Waals surface area contributed by atoms with E-state index in [1.54, 1.807) is 0 Å². The minimum Gasteiger partial charge on any atom is -0.328 e. The summed E-state index contributed by atoms with van der Waals surface area (Å²) >= 11 is 11.2. The van der Waals surface area contributed by atoms with Gasteiger partial charge in [-0.2, -0.15) is 0 Å². The van der Waals surface area contributed by atoms with Crippen LogP contribution in [0.1, 0.15) is 26.2 Å². The van der Waals surface area contributed by atoms with Gasteiger partial charge in [0.2, 0.25) is 5.91 Å². The predicted molar refractivity (Wildman–Crippen MR) is 72.6 cm³/mol. The van der Waals surface area contributed by atoms with Crippen LogP contribution in [-0.2, 0) is 4.79 Å². The zero-order valence-corrected chi connectivity index (χ0v) is 11.5. The second kappa shape index (κ2) is 6.92. The quantitative estimate of drug-likeness (QED) is 0.815. The van der Waals surface area contributed by atoms with Crippen LogP contribution >= 0.6 is 23.2 Å². The Morgan fingerprint density at radius 1 is 1.44 bits per heavy atom. The van der Waals surface area contributed by atoms with Gasteiger partial charge in [-0.1, -0.05) is 23.2 Å². The Kier molecular flexibility index (Phi) is 5.85. The summed E-state index contributed by atoms with van der Waals surface area (Å²) in [6.45, 7) is 1.89. The standard InChI is InChI=1S/C12H15Cl2FN2O/c1-7(16)3-2-4-11(18)17-8-5-9(13)12(15)10(14)6-8/h5-7H,2-4,16H2,1H3,(H,17,18). The number of nitrogens with two attached hydrogens (primary N) is 1. The normalized spacial score (nSPS) is 12.3. The number of rotatable bonds is 5. The number of anilines is 1. The minimum absolute atomic E-state index is 0.0764. The second-order valence-electron chi connectivity index (χ2n) is 4.17. The average molecular weight is 293 g/mol. The maximum Gasteiger partial charge on any atom is 0.224 e. The van der Waals surface area contributed by atoms with E-state index in [0.717, 1.165) is 6.42 Å². The molecule has 0 aliphatic carbocycles. The van der Waals surface area contributed by atoms with E-state index in [1.807, 2.05) is 6.92 Å². The molecule has 3 N–H and O–H groups in total. The highest BCUT2D eigenvalue weighted by molar-refractivity contribution is 6.35. The Bertz CT molecular complexity index is 415. The van der Waals surface area contributed by atoms with E-state index in [0.29, 0.717) is 18.5 Å². The largest absolute Gasteiger partial charge is 0.328 e. The van der Waals surface area contributed by atoms with Gasteiger partial charge in [0.25, 0.3) is 0 Å². The first kappa shape index (κ1) is 15.2. The number of carbonyl (C=O) groups excluding carboxylic acids is 1. The van der Waals surface area contributed by atoms with Gasteiger partial charge >= 0.3 is 0 Å². The molecule has 3 nitrogen and oxygen atoms in total. The molecule has 1 atom stereocenters. The van der Waals surface area contributed by atoms with Crippen molar-refractivity contribution < 1.29 is 9.18 Å². The van der Waals surface area contributed by atoms with Gasteiger partial charge in [-0.15, -0.1) is 0 Å². The second-order valence-corrected chi connectivity index (χ2v) is 4.99. The van der Waals surface area contributed by atoms with E-state index in [-0.39, 0.29) is 22.0 Å². The van der Waals surface area contributed by atoms with Crippen molar-refractivity contribution in [2.75, 3.05) is 5.32 Å². The van der Waals surface area contributed by atoms with E-state index in [4.69, 9.17) is 28.9 Å². The fraction of sp³-hybridized carbons (Fsp3) is 0.417. The molecule has 6 heteroatoms. The van der Waals surface area contributed by atoms with E-state index in [1.165, 1.54) is 12.1 Å². The summed E-state index contributed by atoms with van der Waals surface area (Å²) in [6, 6.07) is 2.73. The number of hydrogen-bond acceptors (Lipinski definition) is 2. The molecular weight excluding hydrogens is 278 g/mol. The summed E-state index contributed by atoms with van der Waals surface area (Å²) in [7, 11) is 0. The van der Waals surface area contributed by atoms with E-state index < -0.39 is 5.82 Å². The molecule has 0 radical (unpaired) electrons. The zero-order valence-electron chi connectivity index (χ0n) is 9.97. The van der Waals surface area contributed by atoms with Crippen molar-refractivity contribution in [3.05, 3.63) is 28.0 Å². The third kappa shape index (κ3) is 4.80. The smallest absolute Gasteiger partial charge is 0.224 e. The minimum atomic E-state index is -0.687. The van der Waals surface area contributed by atoms with E-state index in [2.05, 4.69) is 5.32 Å². The molecule has 0 aliphatic rings. The predicted octanol–water partition coefficient (Wildman–Crippen LogP) is 3.59. The Morgan fingerprint density at radius 3 is 2.50 bits per heavy atom. The molecule has 0 aromatic heterocycles. The lowest BCUT2D eigenvalue weighted by Crippen LogP contribution is -2.16. The van der Waals surface area contributed by atoms with Crippen LogP contribution in [-0.4, -0.2) is 11.9 Å². The molecule has 0 saturated carbocycles. The lowest BCUT2D eigenvalue weighted by atomic mass is 10.1. The van der Waals surface area contributed by atoms with Crippen molar-refractivity contribution in [2.24, 2.45) is 5.73 Å². The van der Waals surface area contributed by atoms with Crippen molar-refractivity contribution in [1.29, 1.82) is 0 Å². The fourth-order valence-electron chi connectivity index (χ4n) is 1.44. The number of carbonyl (C=O) groups is 1. The maximum absolute atomic E-state index is 13.1. The van der Waals surface area contributed by atoms with Crippen LogP contribution in [0.5, 0.6) is 0 Å². The monoisotopic (exact) mass is 292 g/mol. The Labute approximate surface area is 115 Å². The summed E-state index contributed by atoms with van der Waals surface area (Å²) in [5.41, 5.74) is 5.97. The molecule has 100 valence electrons. The first-order chi connectivity index (χ1) is 8.40. The highest BCUT2D eigenvalue weighted by atomic mass is 35.5. The highest BCUT2D eigenvalue weighted by Gasteiger charge is 2.09. The molecule has 1 aromatic rings. The van der Waals surface area contributed by atoms with Crippen LogP contribution in [0.15, 0.2) is 12.1 Å². The third-order valence-electron chi connectivity index (χ3n) is 2.33. The Morgan fingerprint density at radius 2 is 2.00 bits per heavy atom. The SMILES string of the molecule is CC(N)CCCC(=O)Nc1cc(Cl)c(F)c(Cl)c1. The third-order valence-corrected chi connectivity index (χ3v) is 2.88. The van der Waals surface area contributed by atoms with Crippen molar-refractivity contribution >= 4 is 34.8 Å². The molecular formula is C12H15Cl2FN2O. The topological polar surface area (TPSA) is 55.1 Å².